The van der Waals surface area contributed by atoms with E-state index in [4.69, 9.17) is 4.74 Å². The molecule has 0 radical (unpaired) electrons. The van der Waals surface area contributed by atoms with Gasteiger partial charge in [-0.3, -0.25) is 19.7 Å². The Morgan fingerprint density at radius 2 is 1.88 bits per heavy atom. The zero-order valence-corrected chi connectivity index (χ0v) is 14.0. The number of nitro groups is 1. The molecule has 0 heterocycles. The van der Waals surface area contributed by atoms with Gasteiger partial charge in [-0.25, -0.2) is 0 Å². The van der Waals surface area contributed by atoms with Crippen molar-refractivity contribution >= 4 is 28.9 Å². The van der Waals surface area contributed by atoms with Gasteiger partial charge in [0.05, 0.1) is 17.7 Å². The number of carbonyl (C=O) groups is 2. The van der Waals surface area contributed by atoms with Crippen LogP contribution in [0.15, 0.2) is 36.4 Å². The van der Waals surface area contributed by atoms with E-state index < -0.39 is 10.8 Å². The molecule has 0 aromatic heterocycles. The number of para-hydroxylation sites is 1. The van der Waals surface area contributed by atoms with E-state index in [1.807, 2.05) is 0 Å². The summed E-state index contributed by atoms with van der Waals surface area (Å²) in [6, 6.07) is 9.22. The van der Waals surface area contributed by atoms with Crippen LogP contribution in [0.2, 0.25) is 0 Å². The smallest absolute Gasteiger partial charge is 0.285 e. The lowest BCUT2D eigenvalue weighted by Crippen LogP contribution is -2.15. The van der Waals surface area contributed by atoms with Gasteiger partial charge >= 0.3 is 0 Å². The molecule has 2 aromatic rings. The van der Waals surface area contributed by atoms with Crippen molar-refractivity contribution < 1.29 is 19.2 Å². The Balaban J connectivity index is 2.39. The highest BCUT2D eigenvalue weighted by Gasteiger charge is 2.23. The number of aryl methyl sites for hydroxylation is 1. The first kappa shape index (κ1) is 17.9. The Morgan fingerprint density at radius 3 is 2.48 bits per heavy atom. The molecule has 130 valence electrons. The number of hydrogen-bond donors (Lipinski definition) is 2. The van der Waals surface area contributed by atoms with Gasteiger partial charge in [-0.05, 0) is 31.2 Å². The SMILES string of the molecule is COc1ccc(NC(C)=O)cc1NC(=O)c1cccc(C)c1[N+](=O)[O-]. The number of hydrogen-bond acceptors (Lipinski definition) is 5. The molecule has 0 saturated carbocycles. The summed E-state index contributed by atoms with van der Waals surface area (Å²) in [5.74, 6) is -0.553. The van der Waals surface area contributed by atoms with Crippen LogP contribution in [0.5, 0.6) is 5.75 Å². The molecule has 0 aliphatic rings. The Kier molecular flexibility index (Phi) is 5.33. The fourth-order valence-corrected chi connectivity index (χ4v) is 2.36. The van der Waals surface area contributed by atoms with Crippen molar-refractivity contribution in [3.63, 3.8) is 0 Å². The van der Waals surface area contributed by atoms with Gasteiger partial charge in [0, 0.05) is 18.2 Å². The molecule has 2 amide bonds. The minimum Gasteiger partial charge on any atom is -0.495 e. The van der Waals surface area contributed by atoms with Crippen molar-refractivity contribution in [2.24, 2.45) is 0 Å². The number of rotatable bonds is 5. The second kappa shape index (κ2) is 7.43. The summed E-state index contributed by atoms with van der Waals surface area (Å²) in [4.78, 5) is 34.4. The van der Waals surface area contributed by atoms with Crippen LogP contribution in [0, 0.1) is 17.0 Å². The number of nitrogens with one attached hydrogen (secondary N) is 2. The Labute approximate surface area is 144 Å². The average molecular weight is 343 g/mol. The lowest BCUT2D eigenvalue weighted by Gasteiger charge is -2.13. The number of nitrogens with zero attached hydrogens (tertiary/aromatic N) is 1. The molecule has 2 N–H and O–H groups in total. The highest BCUT2D eigenvalue weighted by molar-refractivity contribution is 6.08. The predicted octanol–water partition coefficient (Wildman–Crippen LogP) is 3.12. The number of amides is 2. The lowest BCUT2D eigenvalue weighted by atomic mass is 10.1. The number of methoxy groups -OCH3 is 1. The van der Waals surface area contributed by atoms with Crippen LogP contribution in [0.25, 0.3) is 0 Å². The first-order valence-corrected chi connectivity index (χ1v) is 7.34. The minimum atomic E-state index is -0.645. The number of anilines is 2. The number of ether oxygens (including phenoxy) is 1. The number of nitro benzene ring substituents is 1. The largest absolute Gasteiger partial charge is 0.495 e. The summed E-state index contributed by atoms with van der Waals surface area (Å²) < 4.78 is 5.18. The number of carbonyl (C=O) groups excluding carboxylic acids is 2. The van der Waals surface area contributed by atoms with Gasteiger partial charge in [0.2, 0.25) is 5.91 Å². The molecule has 0 aliphatic carbocycles. The predicted molar refractivity (Wildman–Crippen MR) is 93.1 cm³/mol. The van der Waals surface area contributed by atoms with Gasteiger partial charge in [-0.1, -0.05) is 12.1 Å². The highest BCUT2D eigenvalue weighted by atomic mass is 16.6. The third kappa shape index (κ3) is 4.11. The molecule has 0 aliphatic heterocycles. The van der Waals surface area contributed by atoms with Gasteiger partial charge in [-0.2, -0.15) is 0 Å². The Hall–Kier alpha value is -3.42. The summed E-state index contributed by atoms with van der Waals surface area (Å²) in [5.41, 5.74) is 0.822. The normalized spacial score (nSPS) is 10.0. The fourth-order valence-electron chi connectivity index (χ4n) is 2.36. The molecule has 25 heavy (non-hydrogen) atoms. The van der Waals surface area contributed by atoms with Crippen LogP contribution in [-0.2, 0) is 4.79 Å². The maximum atomic E-state index is 12.5. The first-order chi connectivity index (χ1) is 11.8. The molecule has 2 aromatic carbocycles. The summed E-state index contributed by atoms with van der Waals surface area (Å²) in [6.07, 6.45) is 0. The van der Waals surface area contributed by atoms with E-state index in [-0.39, 0.29) is 22.8 Å². The van der Waals surface area contributed by atoms with Gasteiger partial charge in [0.15, 0.2) is 0 Å². The molecule has 0 atom stereocenters. The van der Waals surface area contributed by atoms with Gasteiger partial charge in [0.1, 0.15) is 11.3 Å². The van der Waals surface area contributed by atoms with Gasteiger partial charge in [0.25, 0.3) is 11.6 Å². The van der Waals surface area contributed by atoms with Gasteiger partial charge in [-0.15, -0.1) is 0 Å². The van der Waals surface area contributed by atoms with Crippen LogP contribution in [0.3, 0.4) is 0 Å². The van der Waals surface area contributed by atoms with Crippen molar-refractivity contribution in [3.8, 4) is 5.75 Å². The zero-order chi connectivity index (χ0) is 18.6. The number of benzene rings is 2. The molecule has 8 nitrogen and oxygen atoms in total. The molecule has 0 unspecified atom stereocenters. The maximum absolute atomic E-state index is 12.5. The van der Waals surface area contributed by atoms with E-state index in [0.29, 0.717) is 17.0 Å². The van der Waals surface area contributed by atoms with Crippen LogP contribution >= 0.6 is 0 Å². The quantitative estimate of drug-likeness (QED) is 0.640. The third-order valence-corrected chi connectivity index (χ3v) is 3.43. The highest BCUT2D eigenvalue weighted by Crippen LogP contribution is 2.30. The lowest BCUT2D eigenvalue weighted by molar-refractivity contribution is -0.385. The van der Waals surface area contributed by atoms with Crippen molar-refractivity contribution in [1.82, 2.24) is 0 Å². The van der Waals surface area contributed by atoms with E-state index in [1.165, 1.54) is 26.2 Å². The molecule has 0 spiro atoms. The second-order valence-electron chi connectivity index (χ2n) is 5.28. The van der Waals surface area contributed by atoms with E-state index in [0.717, 1.165) is 0 Å². The molecule has 0 fully saturated rings. The second-order valence-corrected chi connectivity index (χ2v) is 5.28. The van der Waals surface area contributed by atoms with E-state index in [1.54, 1.807) is 31.2 Å². The van der Waals surface area contributed by atoms with E-state index >= 15 is 0 Å². The summed E-state index contributed by atoms with van der Waals surface area (Å²) >= 11 is 0. The van der Waals surface area contributed by atoms with Crippen molar-refractivity contribution in [2.45, 2.75) is 13.8 Å². The van der Waals surface area contributed by atoms with Crippen LogP contribution in [-0.4, -0.2) is 23.8 Å². The molecule has 8 heteroatoms. The summed E-state index contributed by atoms with van der Waals surface area (Å²) in [7, 11) is 1.43. The fraction of sp³-hybridized carbons (Fsp3) is 0.176. The standard InChI is InChI=1S/C17H17N3O5/c1-10-5-4-6-13(16(10)20(23)24)17(22)19-14-9-12(18-11(2)21)7-8-15(14)25-3/h4-9H,1-3H3,(H,18,21)(H,19,22). The van der Waals surface area contributed by atoms with Crippen molar-refractivity contribution in [2.75, 3.05) is 17.7 Å². The first-order valence-electron chi connectivity index (χ1n) is 7.34. The van der Waals surface area contributed by atoms with E-state index in [2.05, 4.69) is 10.6 Å². The molecular formula is C17H17N3O5. The average Bonchev–Trinajstić information content (AvgIpc) is 2.54. The summed E-state index contributed by atoms with van der Waals surface area (Å²) in [6.45, 7) is 2.92. The van der Waals surface area contributed by atoms with Crippen LogP contribution in [0.1, 0.15) is 22.8 Å². The van der Waals surface area contributed by atoms with Crippen LogP contribution in [0.4, 0.5) is 17.1 Å². The van der Waals surface area contributed by atoms with Crippen molar-refractivity contribution in [1.29, 1.82) is 0 Å². The molecule has 0 bridgehead atoms. The van der Waals surface area contributed by atoms with Crippen LogP contribution < -0.4 is 15.4 Å². The zero-order valence-electron chi connectivity index (χ0n) is 14.0. The Bertz CT molecular complexity index is 848. The molecular weight excluding hydrogens is 326 g/mol. The molecule has 2 rings (SSSR count). The minimum absolute atomic E-state index is 0.0583. The molecule has 0 saturated heterocycles. The monoisotopic (exact) mass is 343 g/mol. The summed E-state index contributed by atoms with van der Waals surface area (Å²) in [5, 5.41) is 16.4. The van der Waals surface area contributed by atoms with Gasteiger partial charge < -0.3 is 15.4 Å². The van der Waals surface area contributed by atoms with E-state index in [9.17, 15) is 19.7 Å². The third-order valence-electron chi connectivity index (χ3n) is 3.43. The Morgan fingerprint density at radius 1 is 1.16 bits per heavy atom. The van der Waals surface area contributed by atoms with Crippen molar-refractivity contribution in [3.05, 3.63) is 57.6 Å². The topological polar surface area (TPSA) is 111 Å². The maximum Gasteiger partial charge on any atom is 0.285 e.